The van der Waals surface area contributed by atoms with Gasteiger partial charge in [0.05, 0.1) is 6.61 Å². The molecule has 0 radical (unpaired) electrons. The van der Waals surface area contributed by atoms with E-state index in [1.165, 1.54) is 6.07 Å². The van der Waals surface area contributed by atoms with Crippen molar-refractivity contribution in [1.82, 2.24) is 0 Å². The molecule has 1 N–H and O–H groups in total. The van der Waals surface area contributed by atoms with Crippen LogP contribution in [0.1, 0.15) is 11.1 Å². The fraction of sp³-hybridized carbons (Fsp3) is 0.250. The van der Waals surface area contributed by atoms with E-state index in [4.69, 9.17) is 5.11 Å². The van der Waals surface area contributed by atoms with Gasteiger partial charge >= 0.3 is 0 Å². The van der Waals surface area contributed by atoms with Crippen molar-refractivity contribution in [2.75, 3.05) is 0 Å². The quantitative estimate of drug-likeness (QED) is 0.773. The van der Waals surface area contributed by atoms with Crippen molar-refractivity contribution in [2.45, 2.75) is 13.5 Å². The van der Waals surface area contributed by atoms with Crippen molar-refractivity contribution >= 4 is 22.6 Å². The Bertz CT molecular complexity index is 273. The Kier molecular flexibility index (Phi) is 2.84. The van der Waals surface area contributed by atoms with Crippen LogP contribution >= 0.6 is 22.6 Å². The van der Waals surface area contributed by atoms with Crippen molar-refractivity contribution in [1.29, 1.82) is 0 Å². The number of aliphatic hydroxyl groups excluding tert-OH is 1. The number of benzene rings is 1. The van der Waals surface area contributed by atoms with Crippen LogP contribution in [0, 0.1) is 16.3 Å². The smallest absolute Gasteiger partial charge is 0.129 e. The molecule has 0 saturated heterocycles. The molecule has 1 aromatic rings. The SMILES string of the molecule is Cc1cc(F)c(CO)cc1I. The summed E-state index contributed by atoms with van der Waals surface area (Å²) in [4.78, 5) is 0. The number of hydrogen-bond acceptors (Lipinski definition) is 1. The van der Waals surface area contributed by atoms with Crippen LogP contribution in [0.4, 0.5) is 4.39 Å². The van der Waals surface area contributed by atoms with Gasteiger partial charge in [0.25, 0.3) is 0 Å². The van der Waals surface area contributed by atoms with E-state index >= 15 is 0 Å². The molecule has 60 valence electrons. The molecule has 1 rings (SSSR count). The average Bonchev–Trinajstić information content (AvgIpc) is 1.97. The molecule has 0 saturated carbocycles. The lowest BCUT2D eigenvalue weighted by molar-refractivity contribution is 0.275. The van der Waals surface area contributed by atoms with E-state index < -0.39 is 0 Å². The van der Waals surface area contributed by atoms with Crippen LogP contribution in [-0.4, -0.2) is 5.11 Å². The first-order valence-electron chi connectivity index (χ1n) is 3.20. The fourth-order valence-corrected chi connectivity index (χ4v) is 1.34. The Morgan fingerprint density at radius 1 is 1.55 bits per heavy atom. The van der Waals surface area contributed by atoms with Crippen LogP contribution in [0.3, 0.4) is 0 Å². The summed E-state index contributed by atoms with van der Waals surface area (Å²) in [7, 11) is 0. The van der Waals surface area contributed by atoms with E-state index in [2.05, 4.69) is 22.6 Å². The zero-order valence-electron chi connectivity index (χ0n) is 6.06. The second kappa shape index (κ2) is 3.49. The third kappa shape index (κ3) is 1.90. The molecule has 0 amide bonds. The Labute approximate surface area is 78.4 Å². The maximum atomic E-state index is 12.9. The Morgan fingerprint density at radius 2 is 2.18 bits per heavy atom. The van der Waals surface area contributed by atoms with Crippen LogP contribution in [0.15, 0.2) is 12.1 Å². The molecule has 0 bridgehead atoms. The second-order valence-electron chi connectivity index (χ2n) is 2.35. The van der Waals surface area contributed by atoms with E-state index in [0.29, 0.717) is 5.56 Å². The van der Waals surface area contributed by atoms with Crippen LogP contribution < -0.4 is 0 Å². The molecular weight excluding hydrogens is 258 g/mol. The van der Waals surface area contributed by atoms with Crippen molar-refractivity contribution in [3.05, 3.63) is 32.6 Å². The van der Waals surface area contributed by atoms with Crippen molar-refractivity contribution in [3.63, 3.8) is 0 Å². The number of hydrogen-bond donors (Lipinski definition) is 1. The zero-order chi connectivity index (χ0) is 8.43. The van der Waals surface area contributed by atoms with Crippen LogP contribution in [-0.2, 0) is 6.61 Å². The molecule has 11 heavy (non-hydrogen) atoms. The highest BCUT2D eigenvalue weighted by Gasteiger charge is 2.03. The van der Waals surface area contributed by atoms with Crippen molar-refractivity contribution < 1.29 is 9.50 Å². The molecule has 0 aliphatic carbocycles. The molecule has 1 nitrogen and oxygen atoms in total. The summed E-state index contributed by atoms with van der Waals surface area (Å²) in [5.74, 6) is -0.328. The van der Waals surface area contributed by atoms with Crippen LogP contribution in [0.25, 0.3) is 0 Å². The number of rotatable bonds is 1. The van der Waals surface area contributed by atoms with Gasteiger partial charge in [0.15, 0.2) is 0 Å². The lowest BCUT2D eigenvalue weighted by atomic mass is 10.1. The third-order valence-corrected chi connectivity index (χ3v) is 2.66. The minimum Gasteiger partial charge on any atom is -0.392 e. The molecule has 0 unspecified atom stereocenters. The molecule has 0 aliphatic rings. The summed E-state index contributed by atoms with van der Waals surface area (Å²) in [5, 5.41) is 8.69. The van der Waals surface area contributed by atoms with Gasteiger partial charge in [-0.2, -0.15) is 0 Å². The van der Waals surface area contributed by atoms with Gasteiger partial charge in [0, 0.05) is 9.13 Å². The van der Waals surface area contributed by atoms with Gasteiger partial charge in [-0.15, -0.1) is 0 Å². The standard InChI is InChI=1S/C8H8FIO/c1-5-2-7(9)6(4-11)3-8(5)10/h2-3,11H,4H2,1H3. The average molecular weight is 266 g/mol. The fourth-order valence-electron chi connectivity index (χ4n) is 0.809. The van der Waals surface area contributed by atoms with Gasteiger partial charge in [-0.05, 0) is 47.2 Å². The minimum absolute atomic E-state index is 0.234. The summed E-state index contributed by atoms with van der Waals surface area (Å²) in [6.07, 6.45) is 0. The van der Waals surface area contributed by atoms with Gasteiger partial charge in [0.2, 0.25) is 0 Å². The van der Waals surface area contributed by atoms with E-state index in [1.807, 2.05) is 6.92 Å². The van der Waals surface area contributed by atoms with Crippen molar-refractivity contribution in [2.24, 2.45) is 0 Å². The number of halogens is 2. The van der Waals surface area contributed by atoms with Gasteiger partial charge in [-0.1, -0.05) is 0 Å². The Hall–Kier alpha value is -0.160. The lowest BCUT2D eigenvalue weighted by Crippen LogP contribution is -1.92. The molecule has 0 atom stereocenters. The van der Waals surface area contributed by atoms with Crippen LogP contribution in [0.5, 0.6) is 0 Å². The van der Waals surface area contributed by atoms with Crippen LogP contribution in [0.2, 0.25) is 0 Å². The van der Waals surface area contributed by atoms with E-state index in [0.717, 1.165) is 9.13 Å². The zero-order valence-corrected chi connectivity index (χ0v) is 8.22. The van der Waals surface area contributed by atoms with Gasteiger partial charge in [-0.25, -0.2) is 4.39 Å². The first-order valence-corrected chi connectivity index (χ1v) is 4.28. The molecule has 0 aromatic heterocycles. The molecule has 1 aromatic carbocycles. The maximum Gasteiger partial charge on any atom is 0.129 e. The monoisotopic (exact) mass is 266 g/mol. The normalized spacial score (nSPS) is 10.2. The van der Waals surface area contributed by atoms with Crippen molar-refractivity contribution in [3.8, 4) is 0 Å². The molecular formula is C8H8FIO. The van der Waals surface area contributed by atoms with Gasteiger partial charge in [0.1, 0.15) is 5.82 Å². The minimum atomic E-state index is -0.328. The second-order valence-corrected chi connectivity index (χ2v) is 3.51. The first kappa shape index (κ1) is 8.93. The van der Waals surface area contributed by atoms with E-state index in [9.17, 15) is 4.39 Å². The summed E-state index contributed by atoms with van der Waals surface area (Å²) in [6, 6.07) is 3.10. The predicted octanol–water partition coefficient (Wildman–Crippen LogP) is 2.23. The molecule has 0 fully saturated rings. The number of aryl methyl sites for hydroxylation is 1. The largest absolute Gasteiger partial charge is 0.392 e. The molecule has 3 heteroatoms. The van der Waals surface area contributed by atoms with Gasteiger partial charge in [-0.3, -0.25) is 0 Å². The molecule has 0 spiro atoms. The van der Waals surface area contributed by atoms with Gasteiger partial charge < -0.3 is 5.11 Å². The molecule has 0 aliphatic heterocycles. The summed E-state index contributed by atoms with van der Waals surface area (Å²) in [6.45, 7) is 1.61. The van der Waals surface area contributed by atoms with E-state index in [1.54, 1.807) is 6.07 Å². The predicted molar refractivity (Wildman–Crippen MR) is 49.8 cm³/mol. The highest BCUT2D eigenvalue weighted by atomic mass is 127. The number of aliphatic hydroxyl groups is 1. The highest BCUT2D eigenvalue weighted by Crippen LogP contribution is 2.16. The Morgan fingerprint density at radius 3 is 2.73 bits per heavy atom. The Balaban J connectivity index is 3.21. The lowest BCUT2D eigenvalue weighted by Gasteiger charge is -2.02. The third-order valence-electron chi connectivity index (χ3n) is 1.50. The molecule has 0 heterocycles. The first-order chi connectivity index (χ1) is 5.15. The van der Waals surface area contributed by atoms with E-state index in [-0.39, 0.29) is 12.4 Å². The topological polar surface area (TPSA) is 20.2 Å². The summed E-state index contributed by atoms with van der Waals surface area (Å²) >= 11 is 2.11. The summed E-state index contributed by atoms with van der Waals surface area (Å²) < 4.78 is 13.8. The highest BCUT2D eigenvalue weighted by molar-refractivity contribution is 14.1. The summed E-state index contributed by atoms with van der Waals surface area (Å²) in [5.41, 5.74) is 1.26. The maximum absolute atomic E-state index is 12.9.